The van der Waals surface area contributed by atoms with E-state index in [4.69, 9.17) is 4.74 Å². The van der Waals surface area contributed by atoms with Crippen molar-refractivity contribution in [2.24, 2.45) is 4.99 Å². The largest absolute Gasteiger partial charge is 0.383 e. The van der Waals surface area contributed by atoms with Gasteiger partial charge in [-0.2, -0.15) is 0 Å². The van der Waals surface area contributed by atoms with Crippen molar-refractivity contribution in [3.8, 4) is 0 Å². The molecule has 1 aliphatic rings. The Morgan fingerprint density at radius 3 is 2.41 bits per heavy atom. The van der Waals surface area contributed by atoms with Crippen molar-refractivity contribution >= 4 is 17.8 Å². The molecule has 9 nitrogen and oxygen atoms in total. The molecule has 1 rings (SSSR count). The quantitative estimate of drug-likeness (QED) is 0.291. The second kappa shape index (κ2) is 13.3. The van der Waals surface area contributed by atoms with E-state index in [1.165, 1.54) is 0 Å². The molecule has 0 aromatic rings. The van der Waals surface area contributed by atoms with Crippen LogP contribution >= 0.6 is 0 Å². The number of likely N-dealkylation sites (N-methyl/N-ethyl adjacent to an activating group) is 1. The molecule has 0 aliphatic carbocycles. The molecule has 0 spiro atoms. The molecule has 9 heteroatoms. The summed E-state index contributed by atoms with van der Waals surface area (Å²) in [6, 6.07) is 0. The Morgan fingerprint density at radius 2 is 1.81 bits per heavy atom. The monoisotopic (exact) mass is 384 g/mol. The molecule has 0 saturated carbocycles. The molecule has 0 aromatic carbocycles. The van der Waals surface area contributed by atoms with E-state index in [9.17, 15) is 9.59 Å². The van der Waals surface area contributed by atoms with Crippen LogP contribution in [-0.4, -0.2) is 113 Å². The normalized spacial score (nSPS) is 15.6. The zero-order valence-corrected chi connectivity index (χ0v) is 17.3. The topological polar surface area (TPSA) is 89.5 Å². The van der Waals surface area contributed by atoms with Crippen LogP contribution in [0.3, 0.4) is 0 Å². The summed E-state index contributed by atoms with van der Waals surface area (Å²) in [6.07, 6.45) is 2.16. The minimum atomic E-state index is -0.0174. The highest BCUT2D eigenvalue weighted by Crippen LogP contribution is 2.03. The molecule has 0 bridgehead atoms. The zero-order valence-electron chi connectivity index (χ0n) is 17.3. The number of hydrogen-bond donors (Lipinski definition) is 2. The number of nitrogens with one attached hydrogen (secondary N) is 2. The smallest absolute Gasteiger partial charge is 0.243 e. The second-order valence-corrected chi connectivity index (χ2v) is 6.81. The van der Waals surface area contributed by atoms with Crippen LogP contribution in [0.1, 0.15) is 19.8 Å². The Morgan fingerprint density at radius 1 is 1.11 bits per heavy atom. The van der Waals surface area contributed by atoms with Gasteiger partial charge >= 0.3 is 0 Å². The van der Waals surface area contributed by atoms with Crippen LogP contribution in [-0.2, 0) is 14.3 Å². The van der Waals surface area contributed by atoms with Crippen molar-refractivity contribution in [1.29, 1.82) is 0 Å². The third kappa shape index (κ3) is 9.58. The number of nitrogens with zero attached hydrogens (tertiary/aromatic N) is 4. The molecular formula is C18H36N6O3. The number of unbranched alkanes of at least 4 members (excludes halogenated alkanes) is 1. The maximum absolute atomic E-state index is 11.9. The molecule has 0 atom stereocenters. The van der Waals surface area contributed by atoms with Crippen molar-refractivity contribution in [2.45, 2.75) is 19.8 Å². The molecule has 1 saturated heterocycles. The average molecular weight is 385 g/mol. The van der Waals surface area contributed by atoms with Crippen LogP contribution < -0.4 is 10.6 Å². The molecule has 27 heavy (non-hydrogen) atoms. The van der Waals surface area contributed by atoms with E-state index in [-0.39, 0.29) is 18.4 Å². The lowest BCUT2D eigenvalue weighted by Gasteiger charge is -2.36. The van der Waals surface area contributed by atoms with E-state index in [0.29, 0.717) is 19.7 Å². The summed E-state index contributed by atoms with van der Waals surface area (Å²) in [5, 5.41) is 6.21. The number of carbonyl (C=O) groups excluding carboxylic acids is 2. The molecule has 2 amide bonds. The number of hydrogen-bond acceptors (Lipinski definition) is 5. The SMILES string of the molecule is CCCCNC(=NCC(=O)N(C)C)N1CCN(CC(=O)NCCOC)CC1. The molecular weight excluding hydrogens is 348 g/mol. The summed E-state index contributed by atoms with van der Waals surface area (Å²) in [4.78, 5) is 34.1. The summed E-state index contributed by atoms with van der Waals surface area (Å²) in [5.74, 6) is 0.783. The van der Waals surface area contributed by atoms with Gasteiger partial charge in [0.05, 0.1) is 13.2 Å². The van der Waals surface area contributed by atoms with Crippen molar-refractivity contribution in [1.82, 2.24) is 25.3 Å². The van der Waals surface area contributed by atoms with Gasteiger partial charge in [-0.05, 0) is 6.42 Å². The van der Waals surface area contributed by atoms with Crippen LogP contribution in [0.4, 0.5) is 0 Å². The fraction of sp³-hybridized carbons (Fsp3) is 0.833. The molecule has 1 aliphatic heterocycles. The number of methoxy groups -OCH3 is 1. The average Bonchev–Trinajstić information content (AvgIpc) is 2.65. The van der Waals surface area contributed by atoms with Crippen LogP contribution in [0.5, 0.6) is 0 Å². The molecule has 1 heterocycles. The Kier molecular flexibility index (Phi) is 11.4. The van der Waals surface area contributed by atoms with Crippen molar-refractivity contribution in [3.05, 3.63) is 0 Å². The van der Waals surface area contributed by atoms with Crippen LogP contribution in [0.15, 0.2) is 4.99 Å². The first-order valence-corrected chi connectivity index (χ1v) is 9.69. The first-order chi connectivity index (χ1) is 13.0. The number of aliphatic imine (C=N–C) groups is 1. The Bertz CT molecular complexity index is 476. The van der Waals surface area contributed by atoms with E-state index in [0.717, 1.165) is 51.5 Å². The molecule has 0 radical (unpaired) electrons. The summed E-state index contributed by atoms with van der Waals surface area (Å²) in [5.41, 5.74) is 0. The van der Waals surface area contributed by atoms with Gasteiger partial charge < -0.3 is 25.2 Å². The van der Waals surface area contributed by atoms with Crippen molar-refractivity contribution in [3.63, 3.8) is 0 Å². The number of carbonyl (C=O) groups is 2. The van der Waals surface area contributed by atoms with Crippen LogP contribution in [0.2, 0.25) is 0 Å². The minimum absolute atomic E-state index is 0.0174. The van der Waals surface area contributed by atoms with E-state index in [2.05, 4.69) is 32.3 Å². The van der Waals surface area contributed by atoms with Gasteiger partial charge in [0.2, 0.25) is 11.8 Å². The van der Waals surface area contributed by atoms with Gasteiger partial charge in [0, 0.05) is 60.5 Å². The fourth-order valence-corrected chi connectivity index (χ4v) is 2.60. The van der Waals surface area contributed by atoms with Gasteiger partial charge in [0.25, 0.3) is 0 Å². The lowest BCUT2D eigenvalue weighted by Crippen LogP contribution is -2.54. The predicted molar refractivity (Wildman–Crippen MR) is 107 cm³/mol. The van der Waals surface area contributed by atoms with E-state index < -0.39 is 0 Å². The van der Waals surface area contributed by atoms with Crippen molar-refractivity contribution in [2.75, 3.05) is 80.2 Å². The molecule has 0 aromatic heterocycles. The summed E-state index contributed by atoms with van der Waals surface area (Å²) >= 11 is 0. The lowest BCUT2D eigenvalue weighted by molar-refractivity contribution is -0.127. The summed E-state index contributed by atoms with van der Waals surface area (Å²) in [7, 11) is 5.09. The lowest BCUT2D eigenvalue weighted by atomic mass is 10.3. The molecule has 0 unspecified atom stereocenters. The predicted octanol–water partition coefficient (Wildman–Crippen LogP) is -0.799. The number of rotatable bonds is 10. The van der Waals surface area contributed by atoms with Gasteiger partial charge in [-0.3, -0.25) is 14.5 Å². The number of ether oxygens (including phenoxy) is 1. The maximum Gasteiger partial charge on any atom is 0.243 e. The summed E-state index contributed by atoms with van der Waals surface area (Å²) in [6.45, 7) is 7.70. The highest BCUT2D eigenvalue weighted by atomic mass is 16.5. The van der Waals surface area contributed by atoms with Gasteiger partial charge in [-0.1, -0.05) is 13.3 Å². The third-order valence-corrected chi connectivity index (χ3v) is 4.34. The van der Waals surface area contributed by atoms with E-state index >= 15 is 0 Å². The third-order valence-electron chi connectivity index (χ3n) is 4.34. The standard InChI is InChI=1S/C18H36N6O3/c1-5-6-7-20-18(21-14-17(26)22(2)3)24-11-9-23(10-12-24)15-16(25)19-8-13-27-4/h5-15H2,1-4H3,(H,19,25)(H,20,21). The Hall–Kier alpha value is -1.87. The van der Waals surface area contributed by atoms with E-state index in [1.54, 1.807) is 26.1 Å². The molecule has 2 N–H and O–H groups in total. The Labute approximate surface area is 163 Å². The summed E-state index contributed by atoms with van der Waals surface area (Å²) < 4.78 is 4.94. The maximum atomic E-state index is 11.9. The van der Waals surface area contributed by atoms with Gasteiger partial charge in [-0.25, -0.2) is 4.99 Å². The number of piperazine rings is 1. The van der Waals surface area contributed by atoms with Gasteiger partial charge in [0.15, 0.2) is 5.96 Å². The zero-order chi connectivity index (χ0) is 20.1. The molecule has 1 fully saturated rings. The minimum Gasteiger partial charge on any atom is -0.383 e. The van der Waals surface area contributed by atoms with Gasteiger partial charge in [-0.15, -0.1) is 0 Å². The molecule has 156 valence electrons. The highest BCUT2D eigenvalue weighted by Gasteiger charge is 2.21. The van der Waals surface area contributed by atoms with Crippen LogP contribution in [0, 0.1) is 0 Å². The van der Waals surface area contributed by atoms with E-state index in [1.807, 2.05) is 0 Å². The fourth-order valence-electron chi connectivity index (χ4n) is 2.60. The second-order valence-electron chi connectivity index (χ2n) is 6.81. The van der Waals surface area contributed by atoms with Gasteiger partial charge in [0.1, 0.15) is 6.54 Å². The van der Waals surface area contributed by atoms with Crippen molar-refractivity contribution < 1.29 is 14.3 Å². The highest BCUT2D eigenvalue weighted by molar-refractivity contribution is 5.85. The first kappa shape index (κ1) is 23.2. The first-order valence-electron chi connectivity index (χ1n) is 9.69. The number of amides is 2. The Balaban J connectivity index is 2.50. The number of guanidine groups is 1. The van der Waals surface area contributed by atoms with Crippen LogP contribution in [0.25, 0.3) is 0 Å².